The van der Waals surface area contributed by atoms with Crippen molar-refractivity contribution in [2.45, 2.75) is 26.2 Å². The first-order valence-corrected chi connectivity index (χ1v) is 6.24. The lowest BCUT2D eigenvalue weighted by molar-refractivity contribution is 0.00304. The minimum atomic E-state index is -0.667. The molecule has 0 saturated carbocycles. The van der Waals surface area contributed by atoms with Crippen LogP contribution in [0.2, 0.25) is 0 Å². The molecule has 0 unspecified atom stereocenters. The van der Waals surface area contributed by atoms with Crippen LogP contribution < -0.4 is 0 Å². The molecule has 0 bridgehead atoms. The number of rotatable bonds is 9. The minimum absolute atomic E-state index is 0.0567. The van der Waals surface area contributed by atoms with Crippen LogP contribution in [0.25, 0.3) is 0 Å². The second-order valence-corrected chi connectivity index (χ2v) is 4.40. The third kappa shape index (κ3) is 8.79. The van der Waals surface area contributed by atoms with E-state index in [1.54, 1.807) is 0 Å². The number of hydrogen-bond acceptors (Lipinski definition) is 6. The van der Waals surface area contributed by atoms with Crippen LogP contribution in [0, 0.1) is 11.3 Å². The van der Waals surface area contributed by atoms with Crippen LogP contribution in [0.3, 0.4) is 0 Å². The predicted octanol–water partition coefficient (Wildman–Crippen LogP) is -1.28. The molecule has 0 rings (SSSR count). The molecule has 6 nitrogen and oxygen atoms in total. The van der Waals surface area contributed by atoms with Gasteiger partial charge in [-0.2, -0.15) is 0 Å². The van der Waals surface area contributed by atoms with E-state index in [0.29, 0.717) is 19.3 Å². The Labute approximate surface area is 109 Å². The van der Waals surface area contributed by atoms with Crippen molar-refractivity contribution in [3.8, 4) is 0 Å². The average molecular weight is 268 g/mol. The highest BCUT2D eigenvalue weighted by Gasteiger charge is 2.24. The van der Waals surface area contributed by atoms with E-state index in [1.807, 2.05) is 6.92 Å². The second-order valence-electron chi connectivity index (χ2n) is 4.40. The highest BCUT2D eigenvalue weighted by atomic mass is 16.3. The largest absolute Gasteiger partial charge is 0.396 e. The summed E-state index contributed by atoms with van der Waals surface area (Å²) in [7, 11) is 0. The van der Waals surface area contributed by atoms with Crippen LogP contribution in [0.1, 0.15) is 26.2 Å². The van der Waals surface area contributed by atoms with E-state index < -0.39 is 5.41 Å². The smallest absolute Gasteiger partial charge is 0.0531 e. The summed E-state index contributed by atoms with van der Waals surface area (Å²) in [6, 6.07) is 0. The van der Waals surface area contributed by atoms with Crippen LogP contribution >= 0.6 is 0 Å². The summed E-state index contributed by atoms with van der Waals surface area (Å²) in [5.41, 5.74) is -0.667. The molecular weight excluding hydrogens is 240 g/mol. The summed E-state index contributed by atoms with van der Waals surface area (Å²) in [5, 5.41) is 51.3. The number of aliphatic hydroxyl groups is 6. The molecule has 0 radical (unpaired) electrons. The van der Waals surface area contributed by atoms with Crippen LogP contribution in [-0.4, -0.2) is 70.3 Å². The highest BCUT2D eigenvalue weighted by Crippen LogP contribution is 2.18. The van der Waals surface area contributed by atoms with E-state index in [9.17, 15) is 0 Å². The van der Waals surface area contributed by atoms with Crippen molar-refractivity contribution < 1.29 is 30.6 Å². The molecule has 0 aliphatic heterocycles. The molecule has 0 atom stereocenters. The minimum Gasteiger partial charge on any atom is -0.396 e. The fourth-order valence-electron chi connectivity index (χ4n) is 1.18. The van der Waals surface area contributed by atoms with Gasteiger partial charge < -0.3 is 30.6 Å². The molecule has 0 heterocycles. The predicted molar refractivity (Wildman–Crippen MR) is 68.0 cm³/mol. The lowest BCUT2D eigenvalue weighted by Crippen LogP contribution is -2.32. The van der Waals surface area contributed by atoms with Gasteiger partial charge in [0.1, 0.15) is 0 Å². The van der Waals surface area contributed by atoms with Crippen LogP contribution in [0.5, 0.6) is 0 Å². The van der Waals surface area contributed by atoms with E-state index in [2.05, 4.69) is 0 Å². The highest BCUT2D eigenvalue weighted by molar-refractivity contribution is 4.74. The van der Waals surface area contributed by atoms with Crippen molar-refractivity contribution >= 4 is 0 Å². The van der Waals surface area contributed by atoms with Gasteiger partial charge in [-0.3, -0.25) is 0 Å². The Morgan fingerprint density at radius 2 is 1.17 bits per heavy atom. The molecule has 18 heavy (non-hydrogen) atoms. The van der Waals surface area contributed by atoms with Gasteiger partial charge in [-0.15, -0.1) is 0 Å². The summed E-state index contributed by atoms with van der Waals surface area (Å²) in [6.45, 7) is 1.59. The SMILES string of the molecule is CCC(CO)(CO)CO.OCCC(CO)CCO. The molecule has 6 N–H and O–H groups in total. The molecule has 0 spiro atoms. The second kappa shape index (κ2) is 13.2. The maximum Gasteiger partial charge on any atom is 0.0531 e. The monoisotopic (exact) mass is 268 g/mol. The van der Waals surface area contributed by atoms with Gasteiger partial charge in [0.15, 0.2) is 0 Å². The fraction of sp³-hybridized carbons (Fsp3) is 1.00. The number of hydrogen-bond donors (Lipinski definition) is 6. The number of aliphatic hydroxyl groups excluding tert-OH is 6. The lowest BCUT2D eigenvalue weighted by atomic mass is 9.88. The van der Waals surface area contributed by atoms with E-state index in [4.69, 9.17) is 30.6 Å². The molecule has 0 aromatic carbocycles. The van der Waals surface area contributed by atoms with Gasteiger partial charge in [-0.05, 0) is 25.2 Å². The fourth-order valence-corrected chi connectivity index (χ4v) is 1.18. The van der Waals surface area contributed by atoms with Crippen molar-refractivity contribution in [2.24, 2.45) is 11.3 Å². The molecule has 0 aromatic heterocycles. The van der Waals surface area contributed by atoms with Gasteiger partial charge in [0, 0.05) is 25.2 Å². The van der Waals surface area contributed by atoms with Gasteiger partial charge in [0.05, 0.1) is 19.8 Å². The molecular formula is C12H28O6. The molecule has 0 amide bonds. The third-order valence-electron chi connectivity index (χ3n) is 3.09. The van der Waals surface area contributed by atoms with Gasteiger partial charge in [-0.25, -0.2) is 0 Å². The molecule has 0 aliphatic rings. The van der Waals surface area contributed by atoms with Gasteiger partial charge >= 0.3 is 0 Å². The summed E-state index contributed by atoms with van der Waals surface area (Å²) in [5.74, 6) is 0.0694. The van der Waals surface area contributed by atoms with E-state index in [-0.39, 0.29) is 45.6 Å². The Balaban J connectivity index is 0. The molecule has 0 aliphatic carbocycles. The van der Waals surface area contributed by atoms with Crippen molar-refractivity contribution in [1.82, 2.24) is 0 Å². The first kappa shape index (κ1) is 20.1. The molecule has 0 aromatic rings. The topological polar surface area (TPSA) is 121 Å². The summed E-state index contributed by atoms with van der Waals surface area (Å²) < 4.78 is 0. The Hall–Kier alpha value is -0.240. The van der Waals surface area contributed by atoms with Crippen molar-refractivity contribution in [2.75, 3.05) is 39.6 Å². The van der Waals surface area contributed by atoms with Gasteiger partial charge in [0.2, 0.25) is 0 Å². The standard InChI is InChI=1S/2C6H14O3/c7-3-1-6(5-9)2-4-8;1-2-6(3-7,4-8)5-9/h6-9H,1-5H2;7-9H,2-5H2,1H3. The molecule has 0 fully saturated rings. The van der Waals surface area contributed by atoms with Crippen molar-refractivity contribution in [1.29, 1.82) is 0 Å². The zero-order valence-corrected chi connectivity index (χ0v) is 11.1. The lowest BCUT2D eigenvalue weighted by Gasteiger charge is -2.24. The normalized spacial score (nSPS) is 11.3. The maximum absolute atomic E-state index is 8.66. The van der Waals surface area contributed by atoms with Gasteiger partial charge in [-0.1, -0.05) is 6.92 Å². The van der Waals surface area contributed by atoms with Gasteiger partial charge in [0.25, 0.3) is 0 Å². The zero-order valence-electron chi connectivity index (χ0n) is 11.1. The zero-order chi connectivity index (χ0) is 14.4. The van der Waals surface area contributed by atoms with E-state index in [0.717, 1.165) is 0 Å². The third-order valence-corrected chi connectivity index (χ3v) is 3.09. The Morgan fingerprint density at radius 3 is 1.28 bits per heavy atom. The van der Waals surface area contributed by atoms with Crippen LogP contribution in [-0.2, 0) is 0 Å². The van der Waals surface area contributed by atoms with Crippen molar-refractivity contribution in [3.05, 3.63) is 0 Å². The van der Waals surface area contributed by atoms with Crippen LogP contribution in [0.15, 0.2) is 0 Å². The quantitative estimate of drug-likeness (QED) is 0.310. The molecule has 6 heteroatoms. The summed E-state index contributed by atoms with van der Waals surface area (Å²) in [6.07, 6.45) is 1.75. The first-order valence-electron chi connectivity index (χ1n) is 6.24. The van der Waals surface area contributed by atoms with E-state index >= 15 is 0 Å². The van der Waals surface area contributed by atoms with E-state index in [1.165, 1.54) is 0 Å². The molecule has 112 valence electrons. The summed E-state index contributed by atoms with van der Waals surface area (Å²) in [4.78, 5) is 0. The van der Waals surface area contributed by atoms with Crippen molar-refractivity contribution in [3.63, 3.8) is 0 Å². The summed E-state index contributed by atoms with van der Waals surface area (Å²) >= 11 is 0. The Kier molecular flexibility index (Phi) is 14.7. The van der Waals surface area contributed by atoms with Crippen LogP contribution in [0.4, 0.5) is 0 Å². The average Bonchev–Trinajstić information content (AvgIpc) is 2.42. The Morgan fingerprint density at radius 1 is 0.778 bits per heavy atom. The maximum atomic E-state index is 8.66. The Bertz CT molecular complexity index is 137. The molecule has 0 saturated heterocycles. The first-order chi connectivity index (χ1) is 8.59.